The fraction of sp³-hybridized carbons (Fsp3) is 0.571. The largest absolute Gasteiger partial charge is 0.481 e. The standard InChI is InChI=1S/C14H21NO4/c1-3-10(4-2)13-11(14(18)19)7-9-15(13)8-5-6-12(16)17/h7,9-10H,3-6,8H2,1-2H3,(H,16,17)(H,18,19). The summed E-state index contributed by atoms with van der Waals surface area (Å²) >= 11 is 0. The van der Waals surface area contributed by atoms with E-state index in [-0.39, 0.29) is 12.3 Å². The van der Waals surface area contributed by atoms with E-state index in [0.29, 0.717) is 18.5 Å². The minimum Gasteiger partial charge on any atom is -0.481 e. The summed E-state index contributed by atoms with van der Waals surface area (Å²) in [6.45, 7) is 4.62. The number of rotatable bonds is 8. The summed E-state index contributed by atoms with van der Waals surface area (Å²) in [6.07, 6.45) is 4.11. The highest BCUT2D eigenvalue weighted by Crippen LogP contribution is 2.27. The zero-order chi connectivity index (χ0) is 14.4. The Bertz CT molecular complexity index is 446. The van der Waals surface area contributed by atoms with Crippen LogP contribution in [0, 0.1) is 0 Å². The van der Waals surface area contributed by atoms with Crippen LogP contribution in [0.15, 0.2) is 12.3 Å². The van der Waals surface area contributed by atoms with Crippen LogP contribution in [-0.2, 0) is 11.3 Å². The van der Waals surface area contributed by atoms with Crippen molar-refractivity contribution < 1.29 is 19.8 Å². The summed E-state index contributed by atoms with van der Waals surface area (Å²) in [5.41, 5.74) is 1.16. The van der Waals surface area contributed by atoms with Crippen LogP contribution in [0.25, 0.3) is 0 Å². The van der Waals surface area contributed by atoms with Gasteiger partial charge >= 0.3 is 11.9 Å². The number of aliphatic carboxylic acids is 1. The SMILES string of the molecule is CCC(CC)c1c(C(=O)O)ccn1CCCC(=O)O. The number of nitrogens with zero attached hydrogens (tertiary/aromatic N) is 1. The van der Waals surface area contributed by atoms with Gasteiger partial charge in [0.15, 0.2) is 0 Å². The fourth-order valence-electron chi connectivity index (χ4n) is 2.39. The highest BCUT2D eigenvalue weighted by Gasteiger charge is 2.21. The molecular formula is C14H21NO4. The molecule has 0 spiro atoms. The van der Waals surface area contributed by atoms with Gasteiger partial charge in [0.05, 0.1) is 5.56 Å². The quantitative estimate of drug-likeness (QED) is 0.759. The van der Waals surface area contributed by atoms with Crippen molar-refractivity contribution in [1.82, 2.24) is 4.57 Å². The molecule has 0 bridgehead atoms. The van der Waals surface area contributed by atoms with Crippen molar-refractivity contribution in [3.8, 4) is 0 Å². The van der Waals surface area contributed by atoms with Crippen LogP contribution >= 0.6 is 0 Å². The Morgan fingerprint density at radius 1 is 1.26 bits per heavy atom. The molecule has 1 aromatic rings. The molecule has 19 heavy (non-hydrogen) atoms. The Kier molecular flexibility index (Phi) is 5.60. The molecule has 0 radical (unpaired) electrons. The molecule has 0 aliphatic rings. The van der Waals surface area contributed by atoms with Crippen LogP contribution in [0.3, 0.4) is 0 Å². The second kappa shape index (κ2) is 6.97. The van der Waals surface area contributed by atoms with Gasteiger partial charge in [0.2, 0.25) is 0 Å². The zero-order valence-electron chi connectivity index (χ0n) is 11.4. The highest BCUT2D eigenvalue weighted by molar-refractivity contribution is 5.89. The number of aromatic carboxylic acids is 1. The molecule has 0 saturated heterocycles. The van der Waals surface area contributed by atoms with Gasteiger partial charge in [-0.05, 0) is 31.2 Å². The van der Waals surface area contributed by atoms with Gasteiger partial charge in [0, 0.05) is 24.9 Å². The molecule has 0 aromatic carbocycles. The van der Waals surface area contributed by atoms with Gasteiger partial charge in [-0.1, -0.05) is 13.8 Å². The lowest BCUT2D eigenvalue weighted by Crippen LogP contribution is -2.12. The molecule has 1 heterocycles. The Morgan fingerprint density at radius 2 is 1.89 bits per heavy atom. The van der Waals surface area contributed by atoms with Crippen molar-refractivity contribution in [1.29, 1.82) is 0 Å². The maximum Gasteiger partial charge on any atom is 0.337 e. The van der Waals surface area contributed by atoms with Gasteiger partial charge in [-0.15, -0.1) is 0 Å². The zero-order valence-corrected chi connectivity index (χ0v) is 11.4. The lowest BCUT2D eigenvalue weighted by Gasteiger charge is -2.17. The van der Waals surface area contributed by atoms with Crippen LogP contribution in [0.2, 0.25) is 0 Å². The molecule has 0 unspecified atom stereocenters. The molecule has 0 aliphatic heterocycles. The molecule has 2 N–H and O–H groups in total. The van der Waals surface area contributed by atoms with Gasteiger partial charge in [-0.25, -0.2) is 4.79 Å². The van der Waals surface area contributed by atoms with Crippen molar-refractivity contribution >= 4 is 11.9 Å². The molecule has 0 saturated carbocycles. The number of carboxylic acid groups (broad SMARTS) is 2. The third-order valence-electron chi connectivity index (χ3n) is 3.40. The number of aromatic nitrogens is 1. The van der Waals surface area contributed by atoms with Crippen LogP contribution < -0.4 is 0 Å². The predicted molar refractivity (Wildman–Crippen MR) is 71.6 cm³/mol. The first-order valence-corrected chi connectivity index (χ1v) is 6.65. The van der Waals surface area contributed by atoms with E-state index in [9.17, 15) is 14.7 Å². The molecule has 0 amide bonds. The third kappa shape index (κ3) is 3.84. The number of carboxylic acids is 2. The average Bonchev–Trinajstić information content (AvgIpc) is 2.75. The average molecular weight is 267 g/mol. The van der Waals surface area contributed by atoms with Gasteiger partial charge in [-0.3, -0.25) is 4.79 Å². The van der Waals surface area contributed by atoms with Crippen LogP contribution in [0.1, 0.15) is 61.5 Å². The maximum atomic E-state index is 11.2. The van der Waals surface area contributed by atoms with Crippen molar-refractivity contribution in [3.63, 3.8) is 0 Å². The summed E-state index contributed by atoms with van der Waals surface area (Å²) in [5, 5.41) is 17.9. The van der Waals surface area contributed by atoms with Gasteiger partial charge < -0.3 is 14.8 Å². The summed E-state index contributed by atoms with van der Waals surface area (Å²) < 4.78 is 1.89. The van der Waals surface area contributed by atoms with Crippen LogP contribution in [0.4, 0.5) is 0 Å². The Balaban J connectivity index is 2.97. The van der Waals surface area contributed by atoms with Crippen molar-refractivity contribution in [2.75, 3.05) is 0 Å². The monoisotopic (exact) mass is 267 g/mol. The van der Waals surface area contributed by atoms with E-state index in [1.54, 1.807) is 12.3 Å². The van der Waals surface area contributed by atoms with E-state index in [1.165, 1.54) is 0 Å². The van der Waals surface area contributed by atoms with E-state index in [2.05, 4.69) is 0 Å². The summed E-state index contributed by atoms with van der Waals surface area (Å²) in [7, 11) is 0. The molecule has 5 heteroatoms. The number of aryl methyl sites for hydroxylation is 1. The second-order valence-electron chi connectivity index (χ2n) is 4.62. The molecule has 0 aliphatic carbocycles. The van der Waals surface area contributed by atoms with Crippen LogP contribution in [-0.4, -0.2) is 26.7 Å². The van der Waals surface area contributed by atoms with E-state index < -0.39 is 11.9 Å². The minimum absolute atomic E-state index is 0.100. The molecule has 0 fully saturated rings. The van der Waals surface area contributed by atoms with Crippen molar-refractivity contribution in [2.45, 2.75) is 52.0 Å². The van der Waals surface area contributed by atoms with Crippen molar-refractivity contribution in [3.05, 3.63) is 23.5 Å². The molecular weight excluding hydrogens is 246 g/mol. The predicted octanol–water partition coefficient (Wildman–Crippen LogP) is 2.95. The van der Waals surface area contributed by atoms with E-state index in [0.717, 1.165) is 18.5 Å². The van der Waals surface area contributed by atoms with E-state index >= 15 is 0 Å². The van der Waals surface area contributed by atoms with Crippen LogP contribution in [0.5, 0.6) is 0 Å². The molecule has 106 valence electrons. The lowest BCUT2D eigenvalue weighted by molar-refractivity contribution is -0.137. The maximum absolute atomic E-state index is 11.2. The summed E-state index contributed by atoms with van der Waals surface area (Å²) in [4.78, 5) is 21.8. The molecule has 1 aromatic heterocycles. The highest BCUT2D eigenvalue weighted by atomic mass is 16.4. The normalized spacial score (nSPS) is 10.9. The Hall–Kier alpha value is -1.78. The minimum atomic E-state index is -0.918. The van der Waals surface area contributed by atoms with E-state index in [4.69, 9.17) is 5.11 Å². The smallest absolute Gasteiger partial charge is 0.337 e. The first kappa shape index (κ1) is 15.3. The first-order chi connectivity index (χ1) is 9.01. The molecule has 0 atom stereocenters. The number of hydrogen-bond donors (Lipinski definition) is 2. The molecule has 1 rings (SSSR count). The van der Waals surface area contributed by atoms with Gasteiger partial charge in [0.25, 0.3) is 0 Å². The molecule has 5 nitrogen and oxygen atoms in total. The fourth-order valence-corrected chi connectivity index (χ4v) is 2.39. The number of carbonyl (C=O) groups is 2. The third-order valence-corrected chi connectivity index (χ3v) is 3.40. The first-order valence-electron chi connectivity index (χ1n) is 6.65. The lowest BCUT2D eigenvalue weighted by atomic mass is 9.96. The summed E-state index contributed by atoms with van der Waals surface area (Å²) in [6, 6.07) is 1.61. The van der Waals surface area contributed by atoms with Gasteiger partial charge in [-0.2, -0.15) is 0 Å². The Labute approximate surface area is 112 Å². The van der Waals surface area contributed by atoms with Gasteiger partial charge in [0.1, 0.15) is 0 Å². The number of hydrogen-bond acceptors (Lipinski definition) is 2. The summed E-state index contributed by atoms with van der Waals surface area (Å²) in [5.74, 6) is -1.54. The Morgan fingerprint density at radius 3 is 2.37 bits per heavy atom. The second-order valence-corrected chi connectivity index (χ2v) is 4.62. The van der Waals surface area contributed by atoms with E-state index in [1.807, 2.05) is 18.4 Å². The van der Waals surface area contributed by atoms with Crippen molar-refractivity contribution in [2.24, 2.45) is 0 Å². The topological polar surface area (TPSA) is 79.5 Å².